The van der Waals surface area contributed by atoms with Crippen LogP contribution in [0.15, 0.2) is 35.2 Å². The van der Waals surface area contributed by atoms with Crippen molar-refractivity contribution in [2.75, 3.05) is 13.2 Å². The van der Waals surface area contributed by atoms with Gasteiger partial charge in [0.05, 0.1) is 9.77 Å². The van der Waals surface area contributed by atoms with Gasteiger partial charge in [-0.15, -0.1) is 11.3 Å². The van der Waals surface area contributed by atoms with Gasteiger partial charge in [0.2, 0.25) is 10.0 Å². The Balaban J connectivity index is 1.96. The Morgan fingerprint density at radius 1 is 1.21 bits per heavy atom. The maximum atomic E-state index is 13.3. The van der Waals surface area contributed by atoms with Crippen LogP contribution in [0, 0.1) is 0 Å². The Bertz CT molecular complexity index is 996. The number of hydrogen-bond donors (Lipinski definition) is 1. The summed E-state index contributed by atoms with van der Waals surface area (Å²) in [5, 5.41) is 9.14. The third-order valence-corrected chi connectivity index (χ3v) is 8.51. The van der Waals surface area contributed by atoms with Crippen LogP contribution in [0.3, 0.4) is 0 Å². The van der Waals surface area contributed by atoms with Crippen LogP contribution in [-0.4, -0.2) is 36.8 Å². The standard InChI is InChI=1S/C21H27NO4S2/c1-20(2,3)15-6-8-16(9-7-15)28(25,26)22-11-14-10-18(17(24)12-23)27-19(14)21(4,5)13-22/h6-10,23H,11-13H2,1-5H3. The fourth-order valence-electron chi connectivity index (χ4n) is 3.54. The van der Waals surface area contributed by atoms with Crippen LogP contribution < -0.4 is 0 Å². The highest BCUT2D eigenvalue weighted by molar-refractivity contribution is 7.89. The second-order valence-corrected chi connectivity index (χ2v) is 12.0. The molecule has 1 N–H and O–H groups in total. The summed E-state index contributed by atoms with van der Waals surface area (Å²) in [4.78, 5) is 13.7. The van der Waals surface area contributed by atoms with Gasteiger partial charge in [0.1, 0.15) is 6.61 Å². The summed E-state index contributed by atoms with van der Waals surface area (Å²) >= 11 is 1.36. The van der Waals surface area contributed by atoms with E-state index in [4.69, 9.17) is 5.11 Å². The molecule has 0 amide bonds. The Morgan fingerprint density at radius 2 is 1.82 bits per heavy atom. The summed E-state index contributed by atoms with van der Waals surface area (Å²) < 4.78 is 28.0. The summed E-state index contributed by atoms with van der Waals surface area (Å²) in [6, 6.07) is 8.82. The highest BCUT2D eigenvalue weighted by Crippen LogP contribution is 2.41. The van der Waals surface area contributed by atoms with Crippen LogP contribution in [0.25, 0.3) is 0 Å². The van der Waals surface area contributed by atoms with Gasteiger partial charge in [0, 0.05) is 23.4 Å². The van der Waals surface area contributed by atoms with Gasteiger partial charge in [-0.25, -0.2) is 8.42 Å². The molecule has 0 fully saturated rings. The molecule has 1 aromatic heterocycles. The number of benzene rings is 1. The summed E-state index contributed by atoms with van der Waals surface area (Å²) in [6.45, 7) is 10.3. The number of rotatable bonds is 4. The van der Waals surface area contributed by atoms with Crippen LogP contribution >= 0.6 is 11.3 Å². The predicted octanol–water partition coefficient (Wildman–Crippen LogP) is 3.70. The lowest BCUT2D eigenvalue weighted by Gasteiger charge is -2.37. The fourth-order valence-corrected chi connectivity index (χ4v) is 6.31. The Morgan fingerprint density at radius 3 is 2.36 bits per heavy atom. The van der Waals surface area contributed by atoms with Gasteiger partial charge in [-0.1, -0.05) is 46.8 Å². The minimum absolute atomic E-state index is 0.0450. The van der Waals surface area contributed by atoms with Crippen LogP contribution in [0.1, 0.15) is 60.3 Å². The molecule has 0 radical (unpaired) electrons. The number of Topliss-reactive ketones (excluding diaryl/α,β-unsaturated/α-hetero) is 1. The predicted molar refractivity (Wildman–Crippen MR) is 111 cm³/mol. The van der Waals surface area contributed by atoms with Gasteiger partial charge in [-0.2, -0.15) is 4.31 Å². The number of carbonyl (C=O) groups excluding carboxylic acids is 1. The number of ketones is 1. The van der Waals surface area contributed by atoms with E-state index in [9.17, 15) is 13.2 Å². The van der Waals surface area contributed by atoms with Crippen LogP contribution in [0.4, 0.5) is 0 Å². The molecule has 3 rings (SSSR count). The topological polar surface area (TPSA) is 74.7 Å². The summed E-state index contributed by atoms with van der Waals surface area (Å²) in [5.41, 5.74) is 1.46. The molecule has 0 saturated carbocycles. The van der Waals surface area contributed by atoms with Crippen LogP contribution in [0.5, 0.6) is 0 Å². The second kappa shape index (κ2) is 7.06. The Kier molecular flexibility index (Phi) is 5.34. The molecule has 2 heterocycles. The highest BCUT2D eigenvalue weighted by Gasteiger charge is 2.39. The monoisotopic (exact) mass is 421 g/mol. The third kappa shape index (κ3) is 3.81. The van der Waals surface area contributed by atoms with E-state index in [-0.39, 0.29) is 22.6 Å². The van der Waals surface area contributed by atoms with Gasteiger partial charge < -0.3 is 5.11 Å². The number of carbonyl (C=O) groups is 1. The van der Waals surface area contributed by atoms with E-state index in [1.807, 2.05) is 26.0 Å². The summed E-state index contributed by atoms with van der Waals surface area (Å²) in [6.07, 6.45) is 0. The molecule has 1 aromatic carbocycles. The normalized spacial score (nSPS) is 17.4. The summed E-state index contributed by atoms with van der Waals surface area (Å²) in [5.74, 6) is -0.331. The first kappa shape index (κ1) is 21.2. The first-order valence-corrected chi connectivity index (χ1v) is 11.5. The minimum atomic E-state index is -3.65. The number of aliphatic hydroxyl groups is 1. The zero-order chi connectivity index (χ0) is 20.9. The van der Waals surface area contributed by atoms with Crippen molar-refractivity contribution >= 4 is 27.1 Å². The Labute approximate surface area is 171 Å². The molecule has 5 nitrogen and oxygen atoms in total. The zero-order valence-corrected chi connectivity index (χ0v) is 18.6. The lowest BCUT2D eigenvalue weighted by atomic mass is 9.86. The highest BCUT2D eigenvalue weighted by atomic mass is 32.2. The molecule has 28 heavy (non-hydrogen) atoms. The van der Waals surface area contributed by atoms with E-state index in [1.54, 1.807) is 18.2 Å². The van der Waals surface area contributed by atoms with E-state index < -0.39 is 22.0 Å². The van der Waals surface area contributed by atoms with Crippen LogP contribution in [0.2, 0.25) is 0 Å². The smallest absolute Gasteiger partial charge is 0.243 e. The number of sulfonamides is 1. The molecule has 0 bridgehead atoms. The Hall–Kier alpha value is -1.54. The van der Waals surface area contributed by atoms with Crippen molar-refractivity contribution in [2.45, 2.75) is 56.9 Å². The lowest BCUT2D eigenvalue weighted by molar-refractivity contribution is 0.0908. The largest absolute Gasteiger partial charge is 0.388 e. The summed E-state index contributed by atoms with van der Waals surface area (Å²) in [7, 11) is -3.65. The maximum absolute atomic E-state index is 13.3. The molecule has 1 aliphatic rings. The van der Waals surface area contributed by atoms with Gasteiger partial charge in [0.15, 0.2) is 5.78 Å². The fraction of sp³-hybridized carbons (Fsp3) is 0.476. The minimum Gasteiger partial charge on any atom is -0.388 e. The van der Waals surface area contributed by atoms with Gasteiger partial charge in [-0.05, 0) is 34.7 Å². The van der Waals surface area contributed by atoms with Crippen molar-refractivity contribution in [3.63, 3.8) is 0 Å². The van der Waals surface area contributed by atoms with Gasteiger partial charge in [-0.3, -0.25) is 4.79 Å². The van der Waals surface area contributed by atoms with Crippen molar-refractivity contribution in [2.24, 2.45) is 0 Å². The van der Waals surface area contributed by atoms with Gasteiger partial charge >= 0.3 is 0 Å². The SMILES string of the molecule is CC(C)(C)c1ccc(S(=O)(=O)N2Cc3cc(C(=O)CO)sc3C(C)(C)C2)cc1. The molecule has 0 spiro atoms. The average Bonchev–Trinajstić information content (AvgIpc) is 3.05. The number of thiophene rings is 1. The molecule has 0 atom stereocenters. The first-order chi connectivity index (χ1) is 12.9. The van der Waals surface area contributed by atoms with Crippen molar-refractivity contribution in [3.8, 4) is 0 Å². The van der Waals surface area contributed by atoms with Crippen molar-refractivity contribution in [1.82, 2.24) is 4.31 Å². The molecular formula is C21H27NO4S2. The van der Waals surface area contributed by atoms with E-state index in [0.29, 0.717) is 11.4 Å². The van der Waals surface area contributed by atoms with Gasteiger partial charge in [0.25, 0.3) is 0 Å². The van der Waals surface area contributed by atoms with Crippen LogP contribution in [-0.2, 0) is 27.4 Å². The molecule has 152 valence electrons. The molecular weight excluding hydrogens is 394 g/mol. The number of fused-ring (bicyclic) bond motifs is 1. The second-order valence-electron chi connectivity index (χ2n) is 8.98. The van der Waals surface area contributed by atoms with E-state index >= 15 is 0 Å². The lowest BCUT2D eigenvalue weighted by Crippen LogP contribution is -2.44. The molecule has 0 aliphatic carbocycles. The quantitative estimate of drug-likeness (QED) is 0.764. The van der Waals surface area contributed by atoms with E-state index in [1.165, 1.54) is 15.6 Å². The molecule has 0 saturated heterocycles. The molecule has 7 heteroatoms. The third-order valence-electron chi connectivity index (χ3n) is 5.12. The molecule has 1 aliphatic heterocycles. The first-order valence-electron chi connectivity index (χ1n) is 9.24. The average molecular weight is 422 g/mol. The van der Waals surface area contributed by atoms with Crippen molar-refractivity contribution < 1.29 is 18.3 Å². The number of hydrogen-bond acceptors (Lipinski definition) is 5. The van der Waals surface area contributed by atoms with Crippen molar-refractivity contribution in [1.29, 1.82) is 0 Å². The van der Waals surface area contributed by atoms with E-state index in [0.717, 1.165) is 16.0 Å². The maximum Gasteiger partial charge on any atom is 0.243 e. The number of nitrogens with zero attached hydrogens (tertiary/aromatic N) is 1. The van der Waals surface area contributed by atoms with E-state index in [2.05, 4.69) is 20.8 Å². The molecule has 2 aromatic rings. The van der Waals surface area contributed by atoms with Crippen molar-refractivity contribution in [3.05, 3.63) is 51.2 Å². The zero-order valence-electron chi connectivity index (χ0n) is 16.9. The number of aliphatic hydroxyl groups excluding tert-OH is 1. The molecule has 0 unspecified atom stereocenters.